The van der Waals surface area contributed by atoms with Gasteiger partial charge in [0.25, 0.3) is 0 Å². The van der Waals surface area contributed by atoms with Crippen molar-refractivity contribution < 1.29 is 14.6 Å². The van der Waals surface area contributed by atoms with Crippen molar-refractivity contribution in [3.8, 4) is 0 Å². The Bertz CT molecular complexity index is 353. The summed E-state index contributed by atoms with van der Waals surface area (Å²) in [6.07, 6.45) is -0.0255. The molecule has 0 saturated carbocycles. The van der Waals surface area contributed by atoms with Crippen LogP contribution in [0.3, 0.4) is 0 Å². The first-order valence-corrected chi connectivity index (χ1v) is 5.80. The van der Waals surface area contributed by atoms with Crippen LogP contribution in [0.2, 0.25) is 0 Å². The molecule has 0 fully saturated rings. The average molecular weight is 241 g/mol. The molecule has 0 heterocycles. The number of halogens is 1. The maximum absolute atomic E-state index is 13.0. The quantitative estimate of drug-likeness (QED) is 0.709. The Balaban J connectivity index is 2.58. The fourth-order valence-corrected chi connectivity index (χ4v) is 1.47. The number of hydrogen-bond donors (Lipinski definition) is 3. The van der Waals surface area contributed by atoms with Gasteiger partial charge in [-0.3, -0.25) is 0 Å². The van der Waals surface area contributed by atoms with Crippen molar-refractivity contribution in [2.24, 2.45) is 0 Å². The van der Waals surface area contributed by atoms with Crippen molar-refractivity contribution in [3.05, 3.63) is 35.6 Å². The van der Waals surface area contributed by atoms with E-state index in [4.69, 9.17) is 0 Å². The predicted octanol–water partition coefficient (Wildman–Crippen LogP) is 1.61. The lowest BCUT2D eigenvalue weighted by Crippen LogP contribution is -2.46. The van der Waals surface area contributed by atoms with Gasteiger partial charge in [0, 0.05) is 12.1 Å². The molecule has 2 atom stereocenters. The first-order chi connectivity index (χ1) is 8.00. The van der Waals surface area contributed by atoms with Crippen LogP contribution in [0.15, 0.2) is 24.3 Å². The van der Waals surface area contributed by atoms with E-state index in [0.717, 1.165) is 6.42 Å². The number of hydrogen-bond acceptors (Lipinski definition) is 3. The second kappa shape index (κ2) is 6.10. The normalized spacial score (nSPS) is 16.5. The van der Waals surface area contributed by atoms with Crippen molar-refractivity contribution in [1.82, 2.24) is 5.32 Å². The molecule has 1 aromatic carbocycles. The molecule has 4 heteroatoms. The largest absolute Gasteiger partial charge is 0.394 e. The van der Waals surface area contributed by atoms with Crippen LogP contribution in [0.1, 0.15) is 31.9 Å². The summed E-state index contributed by atoms with van der Waals surface area (Å²) in [6.45, 7) is 4.12. The zero-order chi connectivity index (χ0) is 12.9. The smallest absolute Gasteiger partial charge is 0.123 e. The Morgan fingerprint density at radius 2 is 2.18 bits per heavy atom. The monoisotopic (exact) mass is 241 g/mol. The van der Waals surface area contributed by atoms with Crippen LogP contribution in [0.4, 0.5) is 4.39 Å². The molecular weight excluding hydrogens is 221 g/mol. The van der Waals surface area contributed by atoms with Crippen LogP contribution in [-0.2, 0) is 0 Å². The third-order valence-electron chi connectivity index (χ3n) is 3.08. The van der Waals surface area contributed by atoms with Crippen LogP contribution in [0.25, 0.3) is 0 Å². The Kier molecular flexibility index (Phi) is 5.05. The molecule has 0 aliphatic heterocycles. The molecule has 17 heavy (non-hydrogen) atoms. The van der Waals surface area contributed by atoms with Gasteiger partial charge in [-0.15, -0.1) is 0 Å². The summed E-state index contributed by atoms with van der Waals surface area (Å²) in [4.78, 5) is 0. The van der Waals surface area contributed by atoms with Crippen LogP contribution in [0, 0.1) is 5.82 Å². The summed E-state index contributed by atoms with van der Waals surface area (Å²) in [7, 11) is 0. The van der Waals surface area contributed by atoms with E-state index in [2.05, 4.69) is 5.32 Å². The maximum atomic E-state index is 13.0. The average Bonchev–Trinajstić information content (AvgIpc) is 2.35. The molecular formula is C13H20FNO2. The van der Waals surface area contributed by atoms with Crippen molar-refractivity contribution in [2.45, 2.75) is 31.9 Å². The highest BCUT2D eigenvalue weighted by molar-refractivity contribution is 5.19. The topological polar surface area (TPSA) is 52.5 Å². The SMILES string of the molecule is CCC(C)(CO)NCC(O)c1cccc(F)c1. The lowest BCUT2D eigenvalue weighted by atomic mass is 9.99. The van der Waals surface area contributed by atoms with Gasteiger partial charge in [-0.2, -0.15) is 0 Å². The van der Waals surface area contributed by atoms with Crippen molar-refractivity contribution >= 4 is 0 Å². The van der Waals surface area contributed by atoms with E-state index in [1.165, 1.54) is 12.1 Å². The van der Waals surface area contributed by atoms with E-state index in [0.29, 0.717) is 5.56 Å². The first kappa shape index (κ1) is 14.1. The summed E-state index contributed by atoms with van der Waals surface area (Å²) in [6, 6.07) is 5.90. The fraction of sp³-hybridized carbons (Fsp3) is 0.538. The predicted molar refractivity (Wildman–Crippen MR) is 65.1 cm³/mol. The van der Waals surface area contributed by atoms with Gasteiger partial charge in [0.2, 0.25) is 0 Å². The molecule has 0 spiro atoms. The molecule has 1 rings (SSSR count). The molecule has 1 aromatic rings. The minimum Gasteiger partial charge on any atom is -0.394 e. The third-order valence-corrected chi connectivity index (χ3v) is 3.08. The molecule has 0 radical (unpaired) electrons. The van der Waals surface area contributed by atoms with Crippen LogP contribution in [-0.4, -0.2) is 28.9 Å². The van der Waals surface area contributed by atoms with Gasteiger partial charge in [-0.1, -0.05) is 19.1 Å². The molecule has 0 bridgehead atoms. The zero-order valence-electron chi connectivity index (χ0n) is 10.3. The Morgan fingerprint density at radius 1 is 1.47 bits per heavy atom. The number of nitrogens with one attached hydrogen (secondary N) is 1. The molecule has 3 nitrogen and oxygen atoms in total. The lowest BCUT2D eigenvalue weighted by Gasteiger charge is -2.28. The molecule has 0 saturated heterocycles. The second-order valence-electron chi connectivity index (χ2n) is 4.52. The van der Waals surface area contributed by atoms with Crippen LogP contribution >= 0.6 is 0 Å². The standard InChI is InChI=1S/C13H20FNO2/c1-3-13(2,9-16)15-8-12(17)10-5-4-6-11(14)7-10/h4-7,12,15-17H,3,8-9H2,1-2H3. The maximum Gasteiger partial charge on any atom is 0.123 e. The minimum atomic E-state index is -0.775. The Hall–Kier alpha value is -0.970. The molecule has 0 aliphatic rings. The van der Waals surface area contributed by atoms with E-state index in [1.807, 2.05) is 13.8 Å². The highest BCUT2D eigenvalue weighted by atomic mass is 19.1. The van der Waals surface area contributed by atoms with Gasteiger partial charge in [-0.05, 0) is 31.0 Å². The minimum absolute atomic E-state index is 0.000624. The van der Waals surface area contributed by atoms with E-state index >= 15 is 0 Å². The highest BCUT2D eigenvalue weighted by Gasteiger charge is 2.21. The Labute approximate surface area is 101 Å². The number of benzene rings is 1. The molecule has 3 N–H and O–H groups in total. The molecule has 96 valence electrons. The summed E-state index contributed by atoms with van der Waals surface area (Å²) in [5, 5.41) is 22.2. The lowest BCUT2D eigenvalue weighted by molar-refractivity contribution is 0.126. The summed E-state index contributed by atoms with van der Waals surface area (Å²) < 4.78 is 13.0. The summed E-state index contributed by atoms with van der Waals surface area (Å²) in [5.74, 6) is -0.359. The van der Waals surface area contributed by atoms with Gasteiger partial charge in [-0.25, -0.2) is 4.39 Å². The van der Waals surface area contributed by atoms with Gasteiger partial charge in [0.15, 0.2) is 0 Å². The van der Waals surface area contributed by atoms with E-state index in [-0.39, 0.29) is 19.0 Å². The van der Waals surface area contributed by atoms with Gasteiger partial charge >= 0.3 is 0 Å². The van der Waals surface area contributed by atoms with E-state index < -0.39 is 11.6 Å². The number of rotatable bonds is 6. The van der Waals surface area contributed by atoms with Crippen molar-refractivity contribution in [2.75, 3.05) is 13.2 Å². The second-order valence-corrected chi connectivity index (χ2v) is 4.52. The van der Waals surface area contributed by atoms with E-state index in [9.17, 15) is 14.6 Å². The van der Waals surface area contributed by atoms with Gasteiger partial charge in [0.1, 0.15) is 5.82 Å². The molecule has 0 aliphatic carbocycles. The molecule has 0 aromatic heterocycles. The summed E-state index contributed by atoms with van der Waals surface area (Å²) >= 11 is 0. The number of aliphatic hydroxyl groups is 2. The first-order valence-electron chi connectivity index (χ1n) is 5.80. The summed E-state index contributed by atoms with van der Waals surface area (Å²) in [5.41, 5.74) is 0.128. The number of β-amino-alcohol motifs (C(OH)–C–C–N with tert-alkyl or cyclic N) is 1. The van der Waals surface area contributed by atoms with Crippen LogP contribution in [0.5, 0.6) is 0 Å². The van der Waals surface area contributed by atoms with Gasteiger partial charge < -0.3 is 15.5 Å². The van der Waals surface area contributed by atoms with Crippen molar-refractivity contribution in [3.63, 3.8) is 0 Å². The third kappa shape index (κ3) is 4.07. The van der Waals surface area contributed by atoms with Crippen LogP contribution < -0.4 is 5.32 Å². The molecule has 0 amide bonds. The van der Waals surface area contributed by atoms with Crippen molar-refractivity contribution in [1.29, 1.82) is 0 Å². The van der Waals surface area contributed by atoms with E-state index in [1.54, 1.807) is 12.1 Å². The zero-order valence-corrected chi connectivity index (χ0v) is 10.3. The molecule has 2 unspecified atom stereocenters. The number of aliphatic hydroxyl groups excluding tert-OH is 2. The highest BCUT2D eigenvalue weighted by Crippen LogP contribution is 2.15. The Morgan fingerprint density at radius 3 is 2.71 bits per heavy atom. The fourth-order valence-electron chi connectivity index (χ4n) is 1.47. The van der Waals surface area contributed by atoms with Gasteiger partial charge in [0.05, 0.1) is 12.7 Å².